The molecule has 0 saturated heterocycles. The van der Waals surface area contributed by atoms with E-state index in [1.54, 1.807) is 25.2 Å². The van der Waals surface area contributed by atoms with Crippen molar-refractivity contribution in [3.05, 3.63) is 30.1 Å². The third kappa shape index (κ3) is 8.71. The van der Waals surface area contributed by atoms with E-state index in [-0.39, 0.29) is 41.6 Å². The van der Waals surface area contributed by atoms with E-state index in [1.807, 2.05) is 6.92 Å². The maximum absolute atomic E-state index is 13.7. The number of nitrogens with zero attached hydrogens (tertiary/aromatic N) is 1. The zero-order valence-corrected chi connectivity index (χ0v) is 17.3. The second-order valence-electron chi connectivity index (χ2n) is 5.98. The molecule has 7 heteroatoms. The van der Waals surface area contributed by atoms with Crippen LogP contribution in [0.15, 0.2) is 29.3 Å². The fourth-order valence-electron chi connectivity index (χ4n) is 2.20. The normalized spacial score (nSPS) is 15.2. The number of rotatable bonds is 10. The molecule has 0 bridgehead atoms. The maximum atomic E-state index is 13.7. The van der Waals surface area contributed by atoms with Crippen LogP contribution in [0.1, 0.15) is 26.2 Å². The summed E-state index contributed by atoms with van der Waals surface area (Å²) in [5.41, 5.74) is 0. The van der Waals surface area contributed by atoms with Crippen LogP contribution in [-0.4, -0.2) is 45.4 Å². The molecule has 1 aromatic carbocycles. The van der Waals surface area contributed by atoms with Crippen LogP contribution in [0.3, 0.4) is 0 Å². The third-order valence-electron chi connectivity index (χ3n) is 3.90. The number of halogens is 2. The molecule has 1 unspecified atom stereocenters. The molecule has 142 valence electrons. The van der Waals surface area contributed by atoms with Gasteiger partial charge < -0.3 is 20.1 Å². The highest BCUT2D eigenvalue weighted by atomic mass is 127. The van der Waals surface area contributed by atoms with Crippen molar-refractivity contribution in [3.8, 4) is 5.75 Å². The molecule has 0 spiro atoms. The van der Waals surface area contributed by atoms with Crippen LogP contribution in [0, 0.1) is 11.7 Å². The van der Waals surface area contributed by atoms with Gasteiger partial charge in [-0.25, -0.2) is 4.39 Å². The van der Waals surface area contributed by atoms with Gasteiger partial charge in [0.05, 0.1) is 13.2 Å². The SMILES string of the molecule is CCC(CNC(=NC)NCCOCC1CC1)Oc1ccccc1F.I. The van der Waals surface area contributed by atoms with Crippen molar-refractivity contribution in [2.24, 2.45) is 10.9 Å². The topological polar surface area (TPSA) is 54.9 Å². The summed E-state index contributed by atoms with van der Waals surface area (Å²) < 4.78 is 25.0. The lowest BCUT2D eigenvalue weighted by molar-refractivity contribution is 0.129. The molecule has 0 amide bonds. The number of guanidine groups is 1. The van der Waals surface area contributed by atoms with Crippen molar-refractivity contribution >= 4 is 29.9 Å². The summed E-state index contributed by atoms with van der Waals surface area (Å²) in [7, 11) is 1.72. The van der Waals surface area contributed by atoms with E-state index in [2.05, 4.69) is 15.6 Å². The standard InChI is InChI=1S/C18H28FN3O2.HI/c1-3-15(24-17-7-5-4-6-16(17)19)12-22-18(20-2)21-10-11-23-13-14-8-9-14;/h4-7,14-15H,3,8-13H2,1-2H3,(H2,20,21,22);1H. The van der Waals surface area contributed by atoms with Crippen molar-refractivity contribution < 1.29 is 13.9 Å². The minimum absolute atomic E-state index is 0. The number of ether oxygens (including phenoxy) is 2. The first-order valence-electron chi connectivity index (χ1n) is 8.66. The predicted molar refractivity (Wildman–Crippen MR) is 109 cm³/mol. The number of hydrogen-bond acceptors (Lipinski definition) is 3. The van der Waals surface area contributed by atoms with Gasteiger partial charge in [0, 0.05) is 20.2 Å². The third-order valence-corrected chi connectivity index (χ3v) is 3.90. The fraction of sp³-hybridized carbons (Fsp3) is 0.611. The molecular formula is C18H29FIN3O2. The number of nitrogens with one attached hydrogen (secondary N) is 2. The highest BCUT2D eigenvalue weighted by Crippen LogP contribution is 2.28. The van der Waals surface area contributed by atoms with E-state index in [1.165, 1.54) is 18.9 Å². The largest absolute Gasteiger partial charge is 0.486 e. The number of para-hydroxylation sites is 1. The van der Waals surface area contributed by atoms with Crippen LogP contribution < -0.4 is 15.4 Å². The maximum Gasteiger partial charge on any atom is 0.191 e. The summed E-state index contributed by atoms with van der Waals surface area (Å²) in [5, 5.41) is 6.41. The van der Waals surface area contributed by atoms with Crippen molar-refractivity contribution in [2.45, 2.75) is 32.3 Å². The zero-order valence-electron chi connectivity index (χ0n) is 15.0. The van der Waals surface area contributed by atoms with E-state index in [9.17, 15) is 4.39 Å². The Morgan fingerprint density at radius 1 is 1.32 bits per heavy atom. The smallest absolute Gasteiger partial charge is 0.191 e. The first-order valence-corrected chi connectivity index (χ1v) is 8.66. The molecule has 0 aromatic heterocycles. The Bertz CT molecular complexity index is 527. The Morgan fingerprint density at radius 3 is 2.72 bits per heavy atom. The van der Waals surface area contributed by atoms with Gasteiger partial charge in [-0.1, -0.05) is 19.1 Å². The quantitative estimate of drug-likeness (QED) is 0.241. The number of hydrogen-bond donors (Lipinski definition) is 2. The van der Waals surface area contributed by atoms with Crippen LogP contribution in [-0.2, 0) is 4.74 Å². The summed E-state index contributed by atoms with van der Waals surface area (Å²) in [5.74, 6) is 1.41. The number of aliphatic imine (C=N–C) groups is 1. The molecule has 0 aliphatic heterocycles. The molecule has 1 atom stereocenters. The monoisotopic (exact) mass is 465 g/mol. The first-order chi connectivity index (χ1) is 11.7. The van der Waals surface area contributed by atoms with E-state index in [4.69, 9.17) is 9.47 Å². The van der Waals surface area contributed by atoms with E-state index in [0.717, 1.165) is 18.9 Å². The van der Waals surface area contributed by atoms with E-state index in [0.29, 0.717) is 25.7 Å². The molecule has 25 heavy (non-hydrogen) atoms. The van der Waals surface area contributed by atoms with Crippen LogP contribution in [0.5, 0.6) is 5.75 Å². The van der Waals surface area contributed by atoms with Gasteiger partial charge in [0.1, 0.15) is 6.10 Å². The Balaban J connectivity index is 0.00000312. The zero-order chi connectivity index (χ0) is 17.2. The van der Waals surface area contributed by atoms with Crippen molar-refractivity contribution in [1.82, 2.24) is 10.6 Å². The lowest BCUT2D eigenvalue weighted by atomic mass is 10.2. The van der Waals surface area contributed by atoms with Crippen molar-refractivity contribution in [2.75, 3.05) is 33.4 Å². The Hall–Kier alpha value is -1.09. The Labute approximate surface area is 166 Å². The van der Waals surface area contributed by atoms with Crippen molar-refractivity contribution in [3.63, 3.8) is 0 Å². The van der Waals surface area contributed by atoms with E-state index < -0.39 is 0 Å². The first kappa shape index (κ1) is 22.0. The average Bonchev–Trinajstić information content (AvgIpc) is 3.42. The molecule has 5 nitrogen and oxygen atoms in total. The molecule has 2 N–H and O–H groups in total. The molecule has 1 aliphatic rings. The molecule has 0 radical (unpaired) electrons. The van der Waals surface area contributed by atoms with Gasteiger partial charge in [-0.05, 0) is 37.3 Å². The van der Waals surface area contributed by atoms with Crippen LogP contribution in [0.4, 0.5) is 4.39 Å². The molecule has 2 rings (SSSR count). The molecule has 1 aromatic rings. The fourth-order valence-corrected chi connectivity index (χ4v) is 2.20. The van der Waals surface area contributed by atoms with Crippen LogP contribution >= 0.6 is 24.0 Å². The lowest BCUT2D eigenvalue weighted by Crippen LogP contribution is -2.43. The second kappa shape index (κ2) is 12.3. The highest BCUT2D eigenvalue weighted by molar-refractivity contribution is 14.0. The van der Waals surface area contributed by atoms with Crippen LogP contribution in [0.2, 0.25) is 0 Å². The molecule has 1 saturated carbocycles. The highest BCUT2D eigenvalue weighted by Gasteiger charge is 2.20. The summed E-state index contributed by atoms with van der Waals surface area (Å²) in [6.45, 7) is 4.79. The predicted octanol–water partition coefficient (Wildman–Crippen LogP) is 3.19. The van der Waals surface area contributed by atoms with Gasteiger partial charge in [-0.15, -0.1) is 24.0 Å². The molecule has 0 heterocycles. The van der Waals surface area contributed by atoms with Gasteiger partial charge in [-0.3, -0.25) is 4.99 Å². The average molecular weight is 465 g/mol. The Kier molecular flexibility index (Phi) is 10.8. The van der Waals surface area contributed by atoms with Crippen LogP contribution in [0.25, 0.3) is 0 Å². The summed E-state index contributed by atoms with van der Waals surface area (Å²) in [6, 6.07) is 6.46. The summed E-state index contributed by atoms with van der Waals surface area (Å²) in [4.78, 5) is 4.17. The summed E-state index contributed by atoms with van der Waals surface area (Å²) >= 11 is 0. The minimum atomic E-state index is -0.341. The molecule has 1 fully saturated rings. The van der Waals surface area contributed by atoms with Crippen molar-refractivity contribution in [1.29, 1.82) is 0 Å². The van der Waals surface area contributed by atoms with E-state index >= 15 is 0 Å². The Morgan fingerprint density at radius 2 is 2.08 bits per heavy atom. The van der Waals surface area contributed by atoms with Gasteiger partial charge in [0.2, 0.25) is 0 Å². The van der Waals surface area contributed by atoms with Gasteiger partial charge >= 0.3 is 0 Å². The summed E-state index contributed by atoms with van der Waals surface area (Å²) in [6.07, 6.45) is 3.24. The van der Waals surface area contributed by atoms with Gasteiger partial charge in [0.25, 0.3) is 0 Å². The second-order valence-corrected chi connectivity index (χ2v) is 5.98. The van der Waals surface area contributed by atoms with Gasteiger partial charge in [0.15, 0.2) is 17.5 Å². The van der Waals surface area contributed by atoms with Gasteiger partial charge in [-0.2, -0.15) is 0 Å². The number of benzene rings is 1. The molecular weight excluding hydrogens is 436 g/mol. The minimum Gasteiger partial charge on any atom is -0.486 e. The lowest BCUT2D eigenvalue weighted by Gasteiger charge is -2.20. The molecule has 1 aliphatic carbocycles.